The molecule has 0 spiro atoms. The highest BCUT2D eigenvalue weighted by Gasteiger charge is 2.31. The number of nitrogens with one attached hydrogen (secondary N) is 1. The first-order valence-corrected chi connectivity index (χ1v) is 9.66. The van der Waals surface area contributed by atoms with E-state index in [1.54, 1.807) is 6.08 Å². The van der Waals surface area contributed by atoms with Crippen molar-refractivity contribution in [2.45, 2.75) is 44.2 Å². The van der Waals surface area contributed by atoms with Crippen LogP contribution in [0.4, 0.5) is 0 Å². The molecule has 1 aromatic rings. The van der Waals surface area contributed by atoms with Crippen molar-refractivity contribution in [1.82, 2.24) is 9.62 Å². The molecule has 5 heteroatoms. The van der Waals surface area contributed by atoms with Crippen molar-refractivity contribution in [2.24, 2.45) is 0 Å². The third-order valence-corrected chi connectivity index (χ3v) is 5.79. The molecule has 1 saturated heterocycles. The number of likely N-dealkylation sites (tertiary alicyclic amines) is 1. The second kappa shape index (κ2) is 6.94. The molecule has 1 N–H and O–H groups in total. The first-order chi connectivity index (χ1) is 10.6. The first kappa shape index (κ1) is 15.7. The molecule has 1 aliphatic heterocycles. The predicted molar refractivity (Wildman–Crippen MR) is 89.8 cm³/mol. The van der Waals surface area contributed by atoms with Crippen molar-refractivity contribution in [1.29, 1.82) is 0 Å². The van der Waals surface area contributed by atoms with Gasteiger partial charge in [-0.15, -0.1) is 0 Å². The number of nitrogens with zero attached hydrogens (tertiary/aromatic N) is 1. The van der Waals surface area contributed by atoms with Gasteiger partial charge in [0.1, 0.15) is 0 Å². The molecule has 1 aliphatic carbocycles. The summed E-state index contributed by atoms with van der Waals surface area (Å²) >= 11 is 0. The highest BCUT2D eigenvalue weighted by molar-refractivity contribution is 7.92. The summed E-state index contributed by atoms with van der Waals surface area (Å²) in [5.74, 6) is 0. The summed E-state index contributed by atoms with van der Waals surface area (Å²) in [4.78, 5) is 2.46. The van der Waals surface area contributed by atoms with Crippen molar-refractivity contribution in [3.05, 3.63) is 41.3 Å². The number of benzene rings is 1. The molecule has 1 heterocycles. The van der Waals surface area contributed by atoms with Crippen LogP contribution in [0.2, 0.25) is 0 Å². The molecule has 0 aromatic heterocycles. The lowest BCUT2D eigenvalue weighted by molar-refractivity contribution is 0.242. The van der Waals surface area contributed by atoms with E-state index in [1.807, 2.05) is 30.3 Å². The Morgan fingerprint density at radius 2 is 1.82 bits per heavy atom. The average molecular weight is 320 g/mol. The zero-order chi connectivity index (χ0) is 15.4. The standard InChI is InChI=1S/C17H24N2O2S/c20-22(21,13-11-15-6-2-1-3-7-15)18-16-10-12-19(14-16)17-8-4-5-9-17/h1-3,6-7,11,13,16-18H,4-5,8-10,12,14H2. The third-order valence-electron chi connectivity index (χ3n) is 4.63. The summed E-state index contributed by atoms with van der Waals surface area (Å²) in [5.41, 5.74) is 0.895. The zero-order valence-electron chi connectivity index (χ0n) is 12.8. The largest absolute Gasteiger partial charge is 0.299 e. The van der Waals surface area contributed by atoms with Crippen molar-refractivity contribution in [3.63, 3.8) is 0 Å². The fourth-order valence-corrected chi connectivity index (χ4v) is 4.56. The second-order valence-electron chi connectivity index (χ2n) is 6.30. The van der Waals surface area contributed by atoms with Crippen LogP contribution in [0, 0.1) is 0 Å². The molecular weight excluding hydrogens is 296 g/mol. The number of hydrogen-bond acceptors (Lipinski definition) is 3. The molecule has 1 atom stereocenters. The minimum atomic E-state index is -3.37. The number of rotatable bonds is 5. The maximum absolute atomic E-state index is 12.2. The Balaban J connectivity index is 1.55. The fraction of sp³-hybridized carbons (Fsp3) is 0.529. The molecule has 2 fully saturated rings. The van der Waals surface area contributed by atoms with Crippen LogP contribution in [0.3, 0.4) is 0 Å². The first-order valence-electron chi connectivity index (χ1n) is 8.12. The van der Waals surface area contributed by atoms with E-state index in [0.29, 0.717) is 6.04 Å². The lowest BCUT2D eigenvalue weighted by Crippen LogP contribution is -2.38. The van der Waals surface area contributed by atoms with E-state index in [1.165, 1.54) is 31.1 Å². The Labute approximate surface area is 133 Å². The molecule has 3 rings (SSSR count). The summed E-state index contributed by atoms with van der Waals surface area (Å²) in [6.45, 7) is 1.86. The van der Waals surface area contributed by atoms with Gasteiger partial charge in [0.25, 0.3) is 0 Å². The Kier molecular flexibility index (Phi) is 4.96. The normalized spacial score (nSPS) is 24.5. The van der Waals surface area contributed by atoms with E-state index < -0.39 is 10.0 Å². The lowest BCUT2D eigenvalue weighted by atomic mass is 10.2. The van der Waals surface area contributed by atoms with Crippen LogP contribution in [-0.2, 0) is 10.0 Å². The monoisotopic (exact) mass is 320 g/mol. The van der Waals surface area contributed by atoms with Crippen LogP contribution in [0.1, 0.15) is 37.7 Å². The average Bonchev–Trinajstić information content (AvgIpc) is 3.17. The van der Waals surface area contributed by atoms with Gasteiger partial charge in [-0.3, -0.25) is 4.90 Å². The van der Waals surface area contributed by atoms with Crippen LogP contribution in [0.25, 0.3) is 6.08 Å². The van der Waals surface area contributed by atoms with Gasteiger partial charge in [-0.1, -0.05) is 43.2 Å². The molecule has 120 valence electrons. The number of sulfonamides is 1. The maximum atomic E-state index is 12.2. The highest BCUT2D eigenvalue weighted by atomic mass is 32.2. The van der Waals surface area contributed by atoms with E-state index >= 15 is 0 Å². The third kappa shape index (κ3) is 4.18. The topological polar surface area (TPSA) is 49.4 Å². The molecule has 0 amide bonds. The van der Waals surface area contributed by atoms with E-state index in [4.69, 9.17) is 0 Å². The van der Waals surface area contributed by atoms with Crippen LogP contribution in [0.15, 0.2) is 35.7 Å². The second-order valence-corrected chi connectivity index (χ2v) is 7.89. The maximum Gasteiger partial charge on any atom is 0.234 e. The van der Waals surface area contributed by atoms with Crippen molar-refractivity contribution < 1.29 is 8.42 Å². The van der Waals surface area contributed by atoms with E-state index in [9.17, 15) is 8.42 Å². The van der Waals surface area contributed by atoms with E-state index in [2.05, 4.69) is 9.62 Å². The molecule has 0 radical (unpaired) electrons. The van der Waals surface area contributed by atoms with Gasteiger partial charge in [0.15, 0.2) is 0 Å². The molecule has 4 nitrogen and oxygen atoms in total. The van der Waals surface area contributed by atoms with Crippen LogP contribution < -0.4 is 4.72 Å². The fourth-order valence-electron chi connectivity index (χ4n) is 3.49. The summed E-state index contributed by atoms with van der Waals surface area (Å²) in [7, 11) is -3.37. The van der Waals surface area contributed by atoms with Gasteiger partial charge >= 0.3 is 0 Å². The van der Waals surface area contributed by atoms with E-state index in [-0.39, 0.29) is 6.04 Å². The molecule has 22 heavy (non-hydrogen) atoms. The SMILES string of the molecule is O=S(=O)(C=Cc1ccccc1)NC1CCN(C2CCCC2)C1. The Hall–Kier alpha value is -1.17. The van der Waals surface area contributed by atoms with Gasteiger partial charge in [-0.25, -0.2) is 13.1 Å². The van der Waals surface area contributed by atoms with Crippen molar-refractivity contribution in [3.8, 4) is 0 Å². The van der Waals surface area contributed by atoms with Gasteiger partial charge in [0.2, 0.25) is 10.0 Å². The Bertz CT molecular complexity index is 607. The molecule has 0 bridgehead atoms. The van der Waals surface area contributed by atoms with Gasteiger partial charge in [0.05, 0.1) is 0 Å². The molecule has 1 unspecified atom stereocenters. The summed E-state index contributed by atoms with van der Waals surface area (Å²) in [5, 5.41) is 1.28. The minimum absolute atomic E-state index is 0.0472. The van der Waals surface area contributed by atoms with Crippen LogP contribution in [-0.4, -0.2) is 38.5 Å². The summed E-state index contributed by atoms with van der Waals surface area (Å²) in [6, 6.07) is 10.2. The quantitative estimate of drug-likeness (QED) is 0.907. The smallest absolute Gasteiger partial charge is 0.234 e. The summed E-state index contributed by atoms with van der Waals surface area (Å²) in [6.07, 6.45) is 7.73. The minimum Gasteiger partial charge on any atom is -0.299 e. The van der Waals surface area contributed by atoms with Gasteiger partial charge in [-0.2, -0.15) is 0 Å². The van der Waals surface area contributed by atoms with Crippen LogP contribution in [0.5, 0.6) is 0 Å². The van der Waals surface area contributed by atoms with Crippen molar-refractivity contribution in [2.75, 3.05) is 13.1 Å². The molecular formula is C17H24N2O2S. The Morgan fingerprint density at radius 1 is 1.09 bits per heavy atom. The molecule has 1 aromatic carbocycles. The van der Waals surface area contributed by atoms with Gasteiger partial charge < -0.3 is 0 Å². The predicted octanol–water partition coefficient (Wildman–Crippen LogP) is 2.59. The Morgan fingerprint density at radius 3 is 2.55 bits per heavy atom. The van der Waals surface area contributed by atoms with Gasteiger partial charge in [0, 0.05) is 30.6 Å². The van der Waals surface area contributed by atoms with Gasteiger partial charge in [-0.05, 0) is 30.9 Å². The summed E-state index contributed by atoms with van der Waals surface area (Å²) < 4.78 is 27.2. The zero-order valence-corrected chi connectivity index (χ0v) is 13.6. The number of hydrogen-bond donors (Lipinski definition) is 1. The van der Waals surface area contributed by atoms with Crippen LogP contribution >= 0.6 is 0 Å². The lowest BCUT2D eigenvalue weighted by Gasteiger charge is -2.23. The van der Waals surface area contributed by atoms with Crippen molar-refractivity contribution >= 4 is 16.1 Å². The van der Waals surface area contributed by atoms with E-state index in [0.717, 1.165) is 25.1 Å². The molecule has 1 saturated carbocycles. The molecule has 2 aliphatic rings. The highest BCUT2D eigenvalue weighted by Crippen LogP contribution is 2.26.